The summed E-state index contributed by atoms with van der Waals surface area (Å²) in [7, 11) is 0. The average molecular weight is 144 g/mol. The largest absolute Gasteiger partial charge is 0.426 e. The molecule has 2 nitrogen and oxygen atoms in total. The van der Waals surface area contributed by atoms with Gasteiger partial charge >= 0.3 is 5.97 Å². The Bertz CT molecular complexity index is 136. The molecule has 0 bridgehead atoms. The van der Waals surface area contributed by atoms with Crippen molar-refractivity contribution in [2.75, 3.05) is 5.75 Å². The van der Waals surface area contributed by atoms with Gasteiger partial charge < -0.3 is 4.74 Å². The van der Waals surface area contributed by atoms with Crippen molar-refractivity contribution in [1.29, 1.82) is 0 Å². The average Bonchev–Trinajstić information content (AvgIpc) is 1.85. The maximum Gasteiger partial charge on any atom is 0.312 e. The topological polar surface area (TPSA) is 26.3 Å². The number of hydrogen-bond acceptors (Lipinski definition) is 3. The van der Waals surface area contributed by atoms with Gasteiger partial charge in [0.05, 0.1) is 6.42 Å². The Morgan fingerprint density at radius 1 is 1.89 bits per heavy atom. The number of hydrogen-bond donors (Lipinski definition) is 1. The van der Waals surface area contributed by atoms with E-state index in [0.717, 1.165) is 6.26 Å². The molecule has 0 saturated heterocycles. The molecular weight excluding hydrogens is 136 g/mol. The number of thiol groups is 1. The van der Waals surface area contributed by atoms with Crippen LogP contribution < -0.4 is 0 Å². The van der Waals surface area contributed by atoms with Gasteiger partial charge in [-0.2, -0.15) is 12.6 Å². The van der Waals surface area contributed by atoms with Gasteiger partial charge in [-0.15, -0.1) is 0 Å². The SMILES string of the molecule is C=C=COC(=O)CCS. The van der Waals surface area contributed by atoms with E-state index in [4.69, 9.17) is 0 Å². The summed E-state index contributed by atoms with van der Waals surface area (Å²) in [4.78, 5) is 10.4. The fraction of sp³-hybridized carbons (Fsp3) is 0.333. The van der Waals surface area contributed by atoms with Gasteiger partial charge in [0, 0.05) is 5.75 Å². The van der Waals surface area contributed by atoms with Crippen LogP contribution in [0.25, 0.3) is 0 Å². The monoisotopic (exact) mass is 144 g/mol. The summed E-state index contributed by atoms with van der Waals surface area (Å²) < 4.78 is 4.45. The van der Waals surface area contributed by atoms with E-state index in [1.807, 2.05) is 0 Å². The lowest BCUT2D eigenvalue weighted by molar-refractivity contribution is -0.137. The molecule has 0 fully saturated rings. The van der Waals surface area contributed by atoms with Crippen molar-refractivity contribution in [3.8, 4) is 0 Å². The third kappa shape index (κ3) is 5.21. The number of esters is 1. The van der Waals surface area contributed by atoms with Crippen LogP contribution in [0.15, 0.2) is 18.6 Å². The van der Waals surface area contributed by atoms with Gasteiger partial charge in [-0.3, -0.25) is 4.79 Å². The molecule has 0 aliphatic heterocycles. The predicted octanol–water partition coefficient (Wildman–Crippen LogP) is 1.15. The molecule has 0 saturated carbocycles. The second-order valence-corrected chi connectivity index (χ2v) is 1.73. The molecule has 3 heteroatoms. The second-order valence-electron chi connectivity index (χ2n) is 1.29. The van der Waals surface area contributed by atoms with E-state index in [1.54, 1.807) is 0 Å². The lowest BCUT2D eigenvalue weighted by Gasteiger charge is -1.91. The molecule has 0 radical (unpaired) electrons. The summed E-state index contributed by atoms with van der Waals surface area (Å²) in [5.41, 5.74) is 2.31. The fourth-order valence-corrected chi connectivity index (χ4v) is 0.440. The van der Waals surface area contributed by atoms with Gasteiger partial charge in [0.2, 0.25) is 0 Å². The van der Waals surface area contributed by atoms with Gasteiger partial charge in [0.1, 0.15) is 6.26 Å². The van der Waals surface area contributed by atoms with E-state index in [0.29, 0.717) is 12.2 Å². The Labute approximate surface area is 59.6 Å². The summed E-state index contributed by atoms with van der Waals surface area (Å²) in [5.74, 6) is 0.199. The van der Waals surface area contributed by atoms with Crippen LogP contribution in [0.3, 0.4) is 0 Å². The third-order valence-electron chi connectivity index (χ3n) is 0.590. The summed E-state index contributed by atoms with van der Waals surface area (Å²) >= 11 is 3.83. The number of carbonyl (C=O) groups excluding carboxylic acids is 1. The van der Waals surface area contributed by atoms with Gasteiger partial charge in [-0.1, -0.05) is 12.3 Å². The van der Waals surface area contributed by atoms with Crippen molar-refractivity contribution in [3.05, 3.63) is 18.6 Å². The number of ether oxygens (including phenoxy) is 1. The minimum Gasteiger partial charge on any atom is -0.426 e. The highest BCUT2D eigenvalue weighted by molar-refractivity contribution is 7.80. The fourth-order valence-electron chi connectivity index (χ4n) is 0.258. The molecular formula is C6H8O2S. The van der Waals surface area contributed by atoms with E-state index in [1.165, 1.54) is 0 Å². The first kappa shape index (κ1) is 8.34. The molecule has 0 atom stereocenters. The van der Waals surface area contributed by atoms with Crippen LogP contribution in [0.4, 0.5) is 0 Å². The second kappa shape index (κ2) is 5.48. The molecule has 0 aliphatic carbocycles. The van der Waals surface area contributed by atoms with Crippen molar-refractivity contribution in [2.45, 2.75) is 6.42 Å². The molecule has 0 aromatic carbocycles. The molecule has 0 heterocycles. The molecule has 0 spiro atoms. The van der Waals surface area contributed by atoms with Crippen LogP contribution in [0.1, 0.15) is 6.42 Å². The van der Waals surface area contributed by atoms with Crippen molar-refractivity contribution in [2.24, 2.45) is 0 Å². The van der Waals surface area contributed by atoms with Crippen molar-refractivity contribution >= 4 is 18.6 Å². The number of rotatable bonds is 3. The number of carbonyl (C=O) groups is 1. The van der Waals surface area contributed by atoms with Gasteiger partial charge in [0.15, 0.2) is 0 Å². The normalized spacial score (nSPS) is 7.67. The molecule has 0 aromatic rings. The maximum atomic E-state index is 10.4. The van der Waals surface area contributed by atoms with Crippen LogP contribution in [0.2, 0.25) is 0 Å². The minimum atomic E-state index is -0.304. The molecule has 9 heavy (non-hydrogen) atoms. The maximum absolute atomic E-state index is 10.4. The molecule has 0 amide bonds. The zero-order valence-electron chi connectivity index (χ0n) is 4.96. The highest BCUT2D eigenvalue weighted by Gasteiger charge is 1.95. The standard InChI is InChI=1S/C6H8O2S/c1-2-4-8-6(7)3-5-9/h4,9H,1,3,5H2. The Kier molecular flexibility index (Phi) is 5.07. The van der Waals surface area contributed by atoms with Crippen molar-refractivity contribution in [1.82, 2.24) is 0 Å². The van der Waals surface area contributed by atoms with Crippen LogP contribution in [0, 0.1) is 0 Å². The molecule has 0 N–H and O–H groups in total. The van der Waals surface area contributed by atoms with Crippen molar-refractivity contribution < 1.29 is 9.53 Å². The first-order chi connectivity index (χ1) is 4.31. The molecule has 50 valence electrons. The molecule has 0 aromatic heterocycles. The Hall–Kier alpha value is -0.660. The lowest BCUT2D eigenvalue weighted by Crippen LogP contribution is -1.98. The first-order valence-corrected chi connectivity index (χ1v) is 3.09. The first-order valence-electron chi connectivity index (χ1n) is 2.46. The smallest absolute Gasteiger partial charge is 0.312 e. The summed E-state index contributed by atoms with van der Waals surface area (Å²) in [6, 6.07) is 0. The highest BCUT2D eigenvalue weighted by atomic mass is 32.1. The summed E-state index contributed by atoms with van der Waals surface area (Å²) in [6.45, 7) is 3.22. The van der Waals surface area contributed by atoms with E-state index in [-0.39, 0.29) is 5.97 Å². The van der Waals surface area contributed by atoms with Gasteiger partial charge in [0.25, 0.3) is 0 Å². The van der Waals surface area contributed by atoms with E-state index < -0.39 is 0 Å². The predicted molar refractivity (Wildman–Crippen MR) is 38.3 cm³/mol. The third-order valence-corrected chi connectivity index (χ3v) is 0.813. The zero-order valence-corrected chi connectivity index (χ0v) is 5.86. The van der Waals surface area contributed by atoms with Crippen molar-refractivity contribution in [3.63, 3.8) is 0 Å². The molecule has 0 aliphatic rings. The summed E-state index contributed by atoms with van der Waals surface area (Å²) in [6.07, 6.45) is 1.45. The van der Waals surface area contributed by atoms with Crippen LogP contribution in [-0.4, -0.2) is 11.7 Å². The van der Waals surface area contributed by atoms with E-state index in [9.17, 15) is 4.79 Å². The van der Waals surface area contributed by atoms with Crippen LogP contribution in [-0.2, 0) is 9.53 Å². The Balaban J connectivity index is 3.38. The van der Waals surface area contributed by atoms with Crippen LogP contribution >= 0.6 is 12.6 Å². The Morgan fingerprint density at radius 2 is 2.56 bits per heavy atom. The lowest BCUT2D eigenvalue weighted by atomic mass is 10.5. The molecule has 0 rings (SSSR count). The zero-order chi connectivity index (χ0) is 7.11. The van der Waals surface area contributed by atoms with E-state index in [2.05, 4.69) is 29.7 Å². The van der Waals surface area contributed by atoms with Gasteiger partial charge in [-0.25, -0.2) is 0 Å². The van der Waals surface area contributed by atoms with E-state index >= 15 is 0 Å². The quantitative estimate of drug-likeness (QED) is 0.278. The summed E-state index contributed by atoms with van der Waals surface area (Å²) in [5, 5.41) is 0. The minimum absolute atomic E-state index is 0.304. The van der Waals surface area contributed by atoms with Crippen LogP contribution in [0.5, 0.6) is 0 Å². The molecule has 0 unspecified atom stereocenters. The highest BCUT2D eigenvalue weighted by Crippen LogP contribution is 1.88. The Morgan fingerprint density at radius 3 is 3.00 bits per heavy atom. The van der Waals surface area contributed by atoms with Gasteiger partial charge in [-0.05, 0) is 0 Å².